The molecule has 0 bridgehead atoms. The van der Waals surface area contributed by atoms with E-state index in [9.17, 15) is 4.79 Å². The number of nitrogens with zero attached hydrogens (tertiary/aromatic N) is 2. The van der Waals surface area contributed by atoms with Crippen LogP contribution in [0.2, 0.25) is 0 Å². The zero-order chi connectivity index (χ0) is 18.7. The summed E-state index contributed by atoms with van der Waals surface area (Å²) in [5.74, 6) is 1.93. The van der Waals surface area contributed by atoms with Gasteiger partial charge >= 0.3 is 0 Å². The smallest absolute Gasteiger partial charge is 0.227 e. The van der Waals surface area contributed by atoms with E-state index >= 15 is 0 Å². The topological polar surface area (TPSA) is 51.2 Å². The van der Waals surface area contributed by atoms with Gasteiger partial charge in [-0.3, -0.25) is 4.79 Å². The Hall–Kier alpha value is -1.95. The molecule has 1 amide bonds. The molecule has 0 aromatic heterocycles. The summed E-state index contributed by atoms with van der Waals surface area (Å²) in [6.07, 6.45) is 4.73. The number of rotatable bonds is 5. The number of likely N-dealkylation sites (tertiary alicyclic amines) is 2. The van der Waals surface area contributed by atoms with Crippen molar-refractivity contribution in [1.82, 2.24) is 9.80 Å². The van der Waals surface area contributed by atoms with E-state index in [-0.39, 0.29) is 11.4 Å². The van der Waals surface area contributed by atoms with Gasteiger partial charge in [-0.05, 0) is 50.4 Å². The molecule has 0 aliphatic carbocycles. The van der Waals surface area contributed by atoms with Crippen molar-refractivity contribution in [2.24, 2.45) is 0 Å². The van der Waals surface area contributed by atoms with Gasteiger partial charge in [0.1, 0.15) is 0 Å². The zero-order valence-corrected chi connectivity index (χ0v) is 16.3. The van der Waals surface area contributed by atoms with Crippen LogP contribution in [-0.2, 0) is 11.2 Å². The summed E-state index contributed by atoms with van der Waals surface area (Å²) in [5.41, 5.74) is 0.948. The van der Waals surface area contributed by atoms with Crippen molar-refractivity contribution in [3.05, 3.63) is 17.7 Å². The molecule has 0 radical (unpaired) electrons. The van der Waals surface area contributed by atoms with Crippen LogP contribution in [0, 0.1) is 0 Å². The summed E-state index contributed by atoms with van der Waals surface area (Å²) in [6, 6.07) is 3.74. The van der Waals surface area contributed by atoms with E-state index in [1.54, 1.807) is 21.3 Å². The maximum Gasteiger partial charge on any atom is 0.227 e. The van der Waals surface area contributed by atoms with E-state index in [1.165, 1.54) is 0 Å². The number of carbonyl (C=O) groups is 1. The van der Waals surface area contributed by atoms with Crippen LogP contribution in [0.5, 0.6) is 17.2 Å². The number of methoxy groups -OCH3 is 3. The van der Waals surface area contributed by atoms with Gasteiger partial charge in [-0.25, -0.2) is 0 Å². The summed E-state index contributed by atoms with van der Waals surface area (Å²) in [5, 5.41) is 0. The third kappa shape index (κ3) is 3.47. The minimum Gasteiger partial charge on any atom is -0.493 e. The van der Waals surface area contributed by atoms with Crippen LogP contribution in [0.4, 0.5) is 0 Å². The summed E-state index contributed by atoms with van der Waals surface area (Å²) >= 11 is 0. The Balaban J connectivity index is 1.79. The minimum absolute atomic E-state index is 0.0598. The average molecular weight is 362 g/mol. The molecule has 26 heavy (non-hydrogen) atoms. The lowest BCUT2D eigenvalue weighted by Gasteiger charge is -2.44. The van der Waals surface area contributed by atoms with Crippen LogP contribution >= 0.6 is 0 Å². The Labute approximate surface area is 156 Å². The van der Waals surface area contributed by atoms with Crippen molar-refractivity contribution in [1.29, 1.82) is 0 Å². The lowest BCUT2D eigenvalue weighted by Crippen LogP contribution is -2.53. The molecule has 0 unspecified atom stereocenters. The monoisotopic (exact) mass is 362 g/mol. The van der Waals surface area contributed by atoms with Gasteiger partial charge in [-0.1, -0.05) is 0 Å². The molecule has 2 aliphatic heterocycles. The number of piperidine rings is 1. The highest BCUT2D eigenvalue weighted by Crippen LogP contribution is 2.40. The lowest BCUT2D eigenvalue weighted by molar-refractivity contribution is -0.136. The predicted molar refractivity (Wildman–Crippen MR) is 100 cm³/mol. The summed E-state index contributed by atoms with van der Waals surface area (Å²) in [4.78, 5) is 17.6. The second kappa shape index (κ2) is 7.74. The normalized spacial score (nSPS) is 19.6. The van der Waals surface area contributed by atoms with Gasteiger partial charge in [0, 0.05) is 25.2 Å². The summed E-state index contributed by atoms with van der Waals surface area (Å²) in [7, 11) is 6.93. The highest BCUT2D eigenvalue weighted by molar-refractivity contribution is 5.80. The number of benzene rings is 1. The van der Waals surface area contributed by atoms with E-state index in [0.717, 1.165) is 50.9 Å². The van der Waals surface area contributed by atoms with Crippen LogP contribution in [0.3, 0.4) is 0 Å². The SMILES string of the molecule is COc1cc(CC(=O)N2CCCC23CCN(C)CC3)cc(OC)c1OC. The van der Waals surface area contributed by atoms with E-state index in [2.05, 4.69) is 16.8 Å². The van der Waals surface area contributed by atoms with Crippen LogP contribution in [0.25, 0.3) is 0 Å². The standard InChI is InChI=1S/C20H30N2O4/c1-21-10-7-20(8-11-21)6-5-9-22(20)18(23)14-15-12-16(24-2)19(26-4)17(13-15)25-3/h12-13H,5-11,14H2,1-4H3. The Kier molecular flexibility index (Phi) is 5.61. The van der Waals surface area contributed by atoms with E-state index < -0.39 is 0 Å². The second-order valence-corrected chi connectivity index (χ2v) is 7.39. The molecule has 2 heterocycles. The molecule has 6 heteroatoms. The van der Waals surface area contributed by atoms with E-state index in [0.29, 0.717) is 23.7 Å². The Morgan fingerprint density at radius 3 is 2.15 bits per heavy atom. The van der Waals surface area contributed by atoms with Crippen molar-refractivity contribution in [3.63, 3.8) is 0 Å². The fraction of sp³-hybridized carbons (Fsp3) is 0.650. The van der Waals surface area contributed by atoms with Crippen molar-refractivity contribution in [2.75, 3.05) is 48.0 Å². The summed E-state index contributed by atoms with van der Waals surface area (Å²) in [6.45, 7) is 2.99. The van der Waals surface area contributed by atoms with Crippen LogP contribution < -0.4 is 14.2 Å². The molecule has 1 spiro atoms. The van der Waals surface area contributed by atoms with Crippen molar-refractivity contribution >= 4 is 5.91 Å². The number of hydrogen-bond donors (Lipinski definition) is 0. The third-order valence-electron chi connectivity index (χ3n) is 5.90. The molecule has 3 rings (SSSR count). The first-order valence-electron chi connectivity index (χ1n) is 9.31. The van der Waals surface area contributed by atoms with Crippen molar-refractivity contribution in [3.8, 4) is 17.2 Å². The van der Waals surface area contributed by atoms with Gasteiger partial charge < -0.3 is 24.0 Å². The van der Waals surface area contributed by atoms with Gasteiger partial charge in [0.05, 0.1) is 27.8 Å². The zero-order valence-electron chi connectivity index (χ0n) is 16.3. The Bertz CT molecular complexity index is 628. The first-order valence-corrected chi connectivity index (χ1v) is 9.31. The number of hydrogen-bond acceptors (Lipinski definition) is 5. The van der Waals surface area contributed by atoms with E-state index in [1.807, 2.05) is 12.1 Å². The third-order valence-corrected chi connectivity index (χ3v) is 5.90. The lowest BCUT2D eigenvalue weighted by atomic mass is 9.85. The van der Waals surface area contributed by atoms with Crippen molar-refractivity contribution < 1.29 is 19.0 Å². The summed E-state index contributed by atoms with van der Waals surface area (Å²) < 4.78 is 16.2. The molecular weight excluding hydrogens is 332 g/mol. The molecule has 0 atom stereocenters. The molecule has 2 saturated heterocycles. The molecular formula is C20H30N2O4. The average Bonchev–Trinajstić information content (AvgIpc) is 3.06. The molecule has 0 N–H and O–H groups in total. The van der Waals surface area contributed by atoms with Crippen LogP contribution in [-0.4, -0.2) is 69.3 Å². The molecule has 2 fully saturated rings. The number of amides is 1. The first kappa shape index (κ1) is 18.8. The second-order valence-electron chi connectivity index (χ2n) is 7.39. The number of carbonyl (C=O) groups excluding carboxylic acids is 1. The van der Waals surface area contributed by atoms with Crippen LogP contribution in [0.1, 0.15) is 31.2 Å². The molecule has 1 aromatic carbocycles. The van der Waals surface area contributed by atoms with Gasteiger partial charge in [0.2, 0.25) is 11.7 Å². The maximum absolute atomic E-state index is 13.1. The molecule has 1 aromatic rings. The molecule has 0 saturated carbocycles. The Morgan fingerprint density at radius 1 is 1.00 bits per heavy atom. The van der Waals surface area contributed by atoms with Crippen molar-refractivity contribution in [2.45, 2.75) is 37.6 Å². The largest absolute Gasteiger partial charge is 0.493 e. The Morgan fingerprint density at radius 2 is 1.62 bits per heavy atom. The quantitative estimate of drug-likeness (QED) is 0.805. The fourth-order valence-electron chi connectivity index (χ4n) is 4.39. The molecule has 6 nitrogen and oxygen atoms in total. The highest BCUT2D eigenvalue weighted by atomic mass is 16.5. The highest BCUT2D eigenvalue weighted by Gasteiger charge is 2.44. The van der Waals surface area contributed by atoms with Crippen LogP contribution in [0.15, 0.2) is 12.1 Å². The fourth-order valence-corrected chi connectivity index (χ4v) is 4.39. The van der Waals surface area contributed by atoms with Gasteiger partial charge in [0.15, 0.2) is 11.5 Å². The minimum atomic E-state index is 0.0598. The van der Waals surface area contributed by atoms with Gasteiger partial charge in [-0.15, -0.1) is 0 Å². The number of ether oxygens (including phenoxy) is 3. The van der Waals surface area contributed by atoms with Gasteiger partial charge in [0.25, 0.3) is 0 Å². The predicted octanol–water partition coefficient (Wildman–Crippen LogP) is 2.34. The maximum atomic E-state index is 13.1. The molecule has 2 aliphatic rings. The molecule has 144 valence electrons. The van der Waals surface area contributed by atoms with E-state index in [4.69, 9.17) is 14.2 Å². The van der Waals surface area contributed by atoms with Gasteiger partial charge in [-0.2, -0.15) is 0 Å². The first-order chi connectivity index (χ1) is 12.5.